The van der Waals surface area contributed by atoms with Crippen LogP contribution in [-0.4, -0.2) is 36.4 Å². The molecule has 0 atom stereocenters. The summed E-state index contributed by atoms with van der Waals surface area (Å²) in [5.74, 6) is 2.02. The van der Waals surface area contributed by atoms with Crippen LogP contribution in [0.5, 0.6) is 0 Å². The first-order valence-corrected chi connectivity index (χ1v) is 11.8. The fourth-order valence-electron chi connectivity index (χ4n) is 2.59. The summed E-state index contributed by atoms with van der Waals surface area (Å²) >= 11 is 4.36. The molecule has 0 radical (unpaired) electrons. The Morgan fingerprint density at radius 1 is 0.824 bits per heavy atom. The number of benzene rings is 2. The summed E-state index contributed by atoms with van der Waals surface area (Å²) in [5.41, 5.74) is 0.904. The molecule has 0 aliphatic rings. The van der Waals surface area contributed by atoms with E-state index in [1.165, 1.54) is 0 Å². The highest BCUT2D eigenvalue weighted by atomic mass is 32.1. The van der Waals surface area contributed by atoms with E-state index in [1.54, 1.807) is 27.7 Å². The van der Waals surface area contributed by atoms with Gasteiger partial charge in [-0.2, -0.15) is 0 Å². The zero-order chi connectivity index (χ0) is 25.4. The fourth-order valence-corrected chi connectivity index (χ4v) is 2.74. The molecule has 0 spiro atoms. The SMILES string of the molecule is C/C=C\C(=C/CC)c1nc(-c2ccccc2)nc(-c2ccc(S)cc2)n1.CC(C)(O)C(C)(C)O. The molecule has 1 heterocycles. The zero-order valence-corrected chi connectivity index (χ0v) is 21.7. The molecule has 0 fully saturated rings. The molecule has 3 rings (SSSR count). The molecule has 0 unspecified atom stereocenters. The lowest BCUT2D eigenvalue weighted by Gasteiger charge is -2.31. The van der Waals surface area contributed by atoms with Crippen LogP contribution < -0.4 is 0 Å². The smallest absolute Gasteiger partial charge is 0.164 e. The highest BCUT2D eigenvalue weighted by Crippen LogP contribution is 2.24. The molecule has 6 heteroatoms. The number of aromatic nitrogens is 3. The number of allylic oxidation sites excluding steroid dienone is 4. The van der Waals surface area contributed by atoms with Crippen molar-refractivity contribution < 1.29 is 10.2 Å². The van der Waals surface area contributed by atoms with Gasteiger partial charge in [0.2, 0.25) is 0 Å². The van der Waals surface area contributed by atoms with E-state index in [-0.39, 0.29) is 0 Å². The number of nitrogens with zero attached hydrogens (tertiary/aromatic N) is 3. The Bertz CT molecular complexity index is 1100. The van der Waals surface area contributed by atoms with E-state index in [9.17, 15) is 0 Å². The third-order valence-corrected chi connectivity index (χ3v) is 5.62. The lowest BCUT2D eigenvalue weighted by atomic mass is 9.90. The summed E-state index contributed by atoms with van der Waals surface area (Å²) in [7, 11) is 0. The van der Waals surface area contributed by atoms with Crippen LogP contribution in [0.3, 0.4) is 0 Å². The summed E-state index contributed by atoms with van der Waals surface area (Å²) in [6.45, 7) is 10.4. The molecule has 0 saturated heterocycles. The molecule has 1 aromatic heterocycles. The van der Waals surface area contributed by atoms with Crippen molar-refractivity contribution in [1.29, 1.82) is 0 Å². The van der Waals surface area contributed by atoms with Crippen molar-refractivity contribution in [2.24, 2.45) is 0 Å². The average molecular weight is 478 g/mol. The Hall–Kier alpha value is -2.80. The molecule has 34 heavy (non-hydrogen) atoms. The van der Waals surface area contributed by atoms with Crippen molar-refractivity contribution in [3.8, 4) is 22.8 Å². The second-order valence-corrected chi connectivity index (χ2v) is 9.42. The molecule has 3 aromatic rings. The van der Waals surface area contributed by atoms with Crippen LogP contribution in [-0.2, 0) is 0 Å². The van der Waals surface area contributed by atoms with Gasteiger partial charge in [0.25, 0.3) is 0 Å². The minimum Gasteiger partial charge on any atom is -0.387 e. The summed E-state index contributed by atoms with van der Waals surface area (Å²) in [5, 5.41) is 18.2. The molecule has 0 saturated carbocycles. The Morgan fingerprint density at radius 2 is 1.32 bits per heavy atom. The minimum atomic E-state index is -1.01. The molecule has 0 bridgehead atoms. The first-order valence-electron chi connectivity index (χ1n) is 11.3. The van der Waals surface area contributed by atoms with Crippen molar-refractivity contribution in [2.45, 2.75) is 64.1 Å². The zero-order valence-electron chi connectivity index (χ0n) is 20.8. The van der Waals surface area contributed by atoms with Crippen molar-refractivity contribution in [1.82, 2.24) is 15.0 Å². The van der Waals surface area contributed by atoms with Gasteiger partial charge < -0.3 is 10.2 Å². The lowest BCUT2D eigenvalue weighted by Crippen LogP contribution is -2.44. The lowest BCUT2D eigenvalue weighted by molar-refractivity contribution is -0.107. The Labute approximate surface area is 208 Å². The van der Waals surface area contributed by atoms with Crippen LogP contribution in [0, 0.1) is 0 Å². The maximum atomic E-state index is 9.10. The van der Waals surface area contributed by atoms with Gasteiger partial charge in [0.1, 0.15) is 0 Å². The maximum Gasteiger partial charge on any atom is 0.164 e. The summed E-state index contributed by atoms with van der Waals surface area (Å²) in [6, 6.07) is 17.8. The van der Waals surface area contributed by atoms with E-state index in [0.29, 0.717) is 17.5 Å². The van der Waals surface area contributed by atoms with Crippen LogP contribution >= 0.6 is 12.6 Å². The van der Waals surface area contributed by atoms with Crippen LogP contribution in [0.15, 0.2) is 77.7 Å². The predicted molar refractivity (Wildman–Crippen MR) is 144 cm³/mol. The first kappa shape index (κ1) is 27.4. The van der Waals surface area contributed by atoms with Gasteiger partial charge in [-0.15, -0.1) is 12.6 Å². The Balaban J connectivity index is 0.000000440. The van der Waals surface area contributed by atoms with Gasteiger partial charge in [0.05, 0.1) is 11.2 Å². The van der Waals surface area contributed by atoms with Crippen LogP contribution in [0.4, 0.5) is 0 Å². The number of hydrogen-bond donors (Lipinski definition) is 3. The summed E-state index contributed by atoms with van der Waals surface area (Å²) < 4.78 is 0. The monoisotopic (exact) mass is 477 g/mol. The van der Waals surface area contributed by atoms with E-state index in [1.807, 2.05) is 73.7 Å². The van der Waals surface area contributed by atoms with E-state index in [0.717, 1.165) is 28.0 Å². The first-order chi connectivity index (χ1) is 16.0. The summed E-state index contributed by atoms with van der Waals surface area (Å²) in [4.78, 5) is 15.1. The van der Waals surface area contributed by atoms with Crippen LogP contribution in [0.2, 0.25) is 0 Å². The van der Waals surface area contributed by atoms with Gasteiger partial charge >= 0.3 is 0 Å². The molecule has 0 aliphatic heterocycles. The van der Waals surface area contributed by atoms with E-state index < -0.39 is 11.2 Å². The van der Waals surface area contributed by atoms with Crippen LogP contribution in [0.1, 0.15) is 53.8 Å². The number of thiol groups is 1. The van der Waals surface area contributed by atoms with E-state index >= 15 is 0 Å². The second-order valence-electron chi connectivity index (χ2n) is 8.90. The van der Waals surface area contributed by atoms with Gasteiger partial charge in [0.15, 0.2) is 17.5 Å². The van der Waals surface area contributed by atoms with E-state index in [2.05, 4.69) is 25.6 Å². The largest absolute Gasteiger partial charge is 0.387 e. The fraction of sp³-hybridized carbons (Fsp3) is 0.321. The topological polar surface area (TPSA) is 79.1 Å². The van der Waals surface area contributed by atoms with Gasteiger partial charge in [-0.3, -0.25) is 0 Å². The number of hydrogen-bond acceptors (Lipinski definition) is 6. The molecule has 2 aromatic carbocycles. The van der Waals surface area contributed by atoms with Gasteiger partial charge in [-0.1, -0.05) is 67.6 Å². The maximum absolute atomic E-state index is 9.10. The van der Waals surface area contributed by atoms with Gasteiger partial charge in [0, 0.05) is 21.6 Å². The van der Waals surface area contributed by atoms with E-state index in [4.69, 9.17) is 25.2 Å². The third-order valence-electron chi connectivity index (χ3n) is 5.32. The Morgan fingerprint density at radius 3 is 1.76 bits per heavy atom. The van der Waals surface area contributed by atoms with Crippen molar-refractivity contribution in [3.63, 3.8) is 0 Å². The highest BCUT2D eigenvalue weighted by molar-refractivity contribution is 7.80. The molecular formula is C28H35N3O2S. The van der Waals surface area contributed by atoms with Crippen molar-refractivity contribution in [3.05, 3.63) is 78.6 Å². The quantitative estimate of drug-likeness (QED) is 0.283. The number of rotatable bonds is 6. The molecule has 5 nitrogen and oxygen atoms in total. The van der Waals surface area contributed by atoms with Gasteiger partial charge in [-0.25, -0.2) is 15.0 Å². The van der Waals surface area contributed by atoms with Crippen LogP contribution in [0.25, 0.3) is 28.3 Å². The minimum absolute atomic E-state index is 0.661. The highest BCUT2D eigenvalue weighted by Gasteiger charge is 2.31. The predicted octanol–water partition coefficient (Wildman–Crippen LogP) is 6.39. The molecule has 2 N–H and O–H groups in total. The second kappa shape index (κ2) is 12.1. The molecule has 180 valence electrons. The Kier molecular flexibility index (Phi) is 9.74. The summed E-state index contributed by atoms with van der Waals surface area (Å²) in [6.07, 6.45) is 7.08. The van der Waals surface area contributed by atoms with Crippen molar-refractivity contribution >= 4 is 18.2 Å². The van der Waals surface area contributed by atoms with Gasteiger partial charge in [-0.05, 0) is 53.2 Å². The van der Waals surface area contributed by atoms with Crippen molar-refractivity contribution in [2.75, 3.05) is 0 Å². The third kappa shape index (κ3) is 7.90. The molecule has 0 amide bonds. The molecular weight excluding hydrogens is 442 g/mol. The number of aliphatic hydroxyl groups is 2. The molecule has 0 aliphatic carbocycles. The average Bonchev–Trinajstić information content (AvgIpc) is 2.79. The normalized spacial score (nSPS) is 12.4. The standard InChI is InChI=1S/C22H21N3S.C6H14O2/c1-3-8-16(9-4-2)20-23-21(17-10-6-5-7-11-17)25-22(24-20)18-12-14-19(26)15-13-18;1-5(2,7)6(3,4)8/h3,5-15,26H,4H2,1-2H3;7-8H,1-4H3/b8-3-,16-9+;.